The van der Waals surface area contributed by atoms with Gasteiger partial charge in [0, 0.05) is 6.54 Å². The van der Waals surface area contributed by atoms with Crippen LogP contribution in [0.3, 0.4) is 0 Å². The second kappa shape index (κ2) is 5.45. The normalized spacial score (nSPS) is 17.2. The third-order valence-corrected chi connectivity index (χ3v) is 5.26. The van der Waals surface area contributed by atoms with Gasteiger partial charge in [0.1, 0.15) is 5.82 Å². The van der Waals surface area contributed by atoms with Crippen molar-refractivity contribution in [2.24, 2.45) is 5.92 Å². The van der Waals surface area contributed by atoms with E-state index in [1.165, 1.54) is 41.8 Å². The molecule has 1 aromatic carbocycles. The van der Waals surface area contributed by atoms with Crippen molar-refractivity contribution in [3.63, 3.8) is 0 Å². The first-order chi connectivity index (χ1) is 8.81. The molecule has 96 valence electrons. The lowest BCUT2D eigenvalue weighted by molar-refractivity contribution is 0.516. The van der Waals surface area contributed by atoms with Crippen LogP contribution in [-0.2, 0) is 0 Å². The summed E-state index contributed by atoms with van der Waals surface area (Å²) in [5.74, 6) is 3.12. The van der Waals surface area contributed by atoms with E-state index in [2.05, 4.69) is 10.3 Å². The minimum absolute atomic E-state index is 0.193. The van der Waals surface area contributed by atoms with E-state index in [0.717, 1.165) is 27.8 Å². The van der Waals surface area contributed by atoms with Crippen molar-refractivity contribution >= 4 is 38.4 Å². The molecule has 0 saturated carbocycles. The van der Waals surface area contributed by atoms with E-state index < -0.39 is 0 Å². The summed E-state index contributed by atoms with van der Waals surface area (Å²) < 4.78 is 14.0. The zero-order chi connectivity index (χ0) is 12.4. The Kier molecular flexibility index (Phi) is 3.70. The van der Waals surface area contributed by atoms with Crippen LogP contribution < -0.4 is 5.32 Å². The molecule has 2 nitrogen and oxygen atoms in total. The first-order valence-corrected chi connectivity index (χ1v) is 8.16. The van der Waals surface area contributed by atoms with Gasteiger partial charge < -0.3 is 5.32 Å². The average molecular weight is 282 g/mol. The van der Waals surface area contributed by atoms with E-state index in [1.807, 2.05) is 11.8 Å². The molecule has 1 aliphatic heterocycles. The number of fused-ring (bicyclic) bond motifs is 1. The number of hydrogen-bond acceptors (Lipinski definition) is 4. The van der Waals surface area contributed by atoms with Gasteiger partial charge >= 0.3 is 0 Å². The Labute approximate surface area is 114 Å². The molecule has 0 bridgehead atoms. The highest BCUT2D eigenvalue weighted by atomic mass is 32.2. The molecule has 2 aromatic rings. The molecular formula is C13H15FN2S2. The van der Waals surface area contributed by atoms with E-state index in [9.17, 15) is 4.39 Å². The second-order valence-corrected chi connectivity index (χ2v) is 6.82. The van der Waals surface area contributed by atoms with Gasteiger partial charge in [0.05, 0.1) is 10.2 Å². The summed E-state index contributed by atoms with van der Waals surface area (Å²) in [6.45, 7) is 0.989. The highest BCUT2D eigenvalue weighted by Crippen LogP contribution is 2.28. The van der Waals surface area contributed by atoms with Crippen LogP contribution in [0.5, 0.6) is 0 Å². The molecule has 3 rings (SSSR count). The topological polar surface area (TPSA) is 24.9 Å². The quantitative estimate of drug-likeness (QED) is 0.921. The zero-order valence-corrected chi connectivity index (χ0v) is 11.6. The van der Waals surface area contributed by atoms with Crippen molar-refractivity contribution in [1.82, 2.24) is 4.98 Å². The van der Waals surface area contributed by atoms with E-state index >= 15 is 0 Å². The zero-order valence-electron chi connectivity index (χ0n) is 9.99. The van der Waals surface area contributed by atoms with E-state index in [0.29, 0.717) is 0 Å². The van der Waals surface area contributed by atoms with Crippen molar-refractivity contribution in [3.05, 3.63) is 24.0 Å². The van der Waals surface area contributed by atoms with Crippen LogP contribution in [-0.4, -0.2) is 23.0 Å². The van der Waals surface area contributed by atoms with Gasteiger partial charge in [-0.25, -0.2) is 9.37 Å². The number of rotatable bonds is 3. The summed E-state index contributed by atoms with van der Waals surface area (Å²) in [5.41, 5.74) is 0.878. The molecule has 1 aromatic heterocycles. The van der Waals surface area contributed by atoms with Crippen LogP contribution in [0.1, 0.15) is 12.8 Å². The molecule has 18 heavy (non-hydrogen) atoms. The minimum atomic E-state index is -0.193. The first kappa shape index (κ1) is 12.2. The molecule has 0 atom stereocenters. The molecule has 2 heterocycles. The highest BCUT2D eigenvalue weighted by molar-refractivity contribution is 7.99. The fourth-order valence-corrected chi connectivity index (χ4v) is 4.26. The summed E-state index contributed by atoms with van der Waals surface area (Å²) in [6, 6.07) is 4.75. The fraction of sp³-hybridized carbons (Fsp3) is 0.462. The number of benzene rings is 1. The number of aromatic nitrogens is 1. The maximum absolute atomic E-state index is 13.1. The standard InChI is InChI=1S/C13H15FN2S2/c14-10-1-2-11-12(7-10)18-13(16-11)15-8-9-3-5-17-6-4-9/h1-2,7,9H,3-6,8H2,(H,15,16). The minimum Gasteiger partial charge on any atom is -0.361 e. The number of thiazole rings is 1. The Bertz CT molecular complexity index is 535. The molecule has 0 aliphatic carbocycles. The SMILES string of the molecule is Fc1ccc2nc(NCC3CCSCC3)sc2c1. The summed E-state index contributed by atoms with van der Waals surface area (Å²) >= 11 is 3.58. The number of nitrogens with zero attached hydrogens (tertiary/aromatic N) is 1. The van der Waals surface area contributed by atoms with Gasteiger partial charge in [-0.05, 0) is 48.5 Å². The van der Waals surface area contributed by atoms with Crippen LogP contribution in [0.25, 0.3) is 10.2 Å². The maximum Gasteiger partial charge on any atom is 0.183 e. The van der Waals surface area contributed by atoms with Crippen molar-refractivity contribution in [2.75, 3.05) is 23.4 Å². The predicted molar refractivity (Wildman–Crippen MR) is 78.1 cm³/mol. The molecule has 0 unspecified atom stereocenters. The number of thioether (sulfide) groups is 1. The summed E-state index contributed by atoms with van der Waals surface area (Å²) in [4.78, 5) is 4.47. The second-order valence-electron chi connectivity index (χ2n) is 4.57. The summed E-state index contributed by atoms with van der Waals surface area (Å²) in [5, 5.41) is 4.31. The molecule has 1 saturated heterocycles. The Morgan fingerprint density at radius 2 is 2.17 bits per heavy atom. The van der Waals surface area contributed by atoms with Crippen LogP contribution >= 0.6 is 23.1 Å². The Balaban J connectivity index is 1.67. The fourth-order valence-electron chi connectivity index (χ4n) is 2.16. The van der Waals surface area contributed by atoms with Crippen molar-refractivity contribution in [3.8, 4) is 0 Å². The number of hydrogen-bond donors (Lipinski definition) is 1. The Morgan fingerprint density at radius 3 is 3.00 bits per heavy atom. The van der Waals surface area contributed by atoms with Crippen LogP contribution in [0, 0.1) is 11.7 Å². The molecule has 1 N–H and O–H groups in total. The first-order valence-electron chi connectivity index (χ1n) is 6.19. The maximum atomic E-state index is 13.1. The predicted octanol–water partition coefficient (Wildman–Crippen LogP) is 3.99. The third kappa shape index (κ3) is 2.78. The van der Waals surface area contributed by atoms with Crippen molar-refractivity contribution < 1.29 is 4.39 Å². The van der Waals surface area contributed by atoms with Gasteiger partial charge in [0.25, 0.3) is 0 Å². The van der Waals surface area contributed by atoms with Gasteiger partial charge in [0.15, 0.2) is 5.13 Å². The summed E-state index contributed by atoms with van der Waals surface area (Å²) in [7, 11) is 0. The van der Waals surface area contributed by atoms with Crippen LogP contribution in [0.15, 0.2) is 18.2 Å². The smallest absolute Gasteiger partial charge is 0.183 e. The number of halogens is 1. The Morgan fingerprint density at radius 1 is 1.33 bits per heavy atom. The number of nitrogens with one attached hydrogen (secondary N) is 1. The molecule has 1 aliphatic rings. The number of anilines is 1. The van der Waals surface area contributed by atoms with E-state index in [-0.39, 0.29) is 5.82 Å². The molecule has 0 radical (unpaired) electrons. The molecule has 0 amide bonds. The van der Waals surface area contributed by atoms with Crippen LogP contribution in [0.4, 0.5) is 9.52 Å². The molecule has 5 heteroatoms. The summed E-state index contributed by atoms with van der Waals surface area (Å²) in [6.07, 6.45) is 2.58. The lowest BCUT2D eigenvalue weighted by atomic mass is 10.0. The van der Waals surface area contributed by atoms with E-state index in [1.54, 1.807) is 12.1 Å². The largest absolute Gasteiger partial charge is 0.361 e. The van der Waals surface area contributed by atoms with E-state index in [4.69, 9.17) is 0 Å². The van der Waals surface area contributed by atoms with Gasteiger partial charge in [-0.1, -0.05) is 11.3 Å². The van der Waals surface area contributed by atoms with Gasteiger partial charge in [-0.3, -0.25) is 0 Å². The van der Waals surface area contributed by atoms with Gasteiger partial charge in [-0.15, -0.1) is 0 Å². The molecule has 0 spiro atoms. The van der Waals surface area contributed by atoms with Gasteiger partial charge in [-0.2, -0.15) is 11.8 Å². The lowest BCUT2D eigenvalue weighted by Gasteiger charge is -2.21. The van der Waals surface area contributed by atoms with Crippen molar-refractivity contribution in [2.45, 2.75) is 12.8 Å². The Hall–Kier alpha value is -0.810. The third-order valence-electron chi connectivity index (χ3n) is 3.23. The van der Waals surface area contributed by atoms with Crippen molar-refractivity contribution in [1.29, 1.82) is 0 Å². The average Bonchev–Trinajstić information content (AvgIpc) is 2.79. The highest BCUT2D eigenvalue weighted by Gasteiger charge is 2.14. The van der Waals surface area contributed by atoms with Gasteiger partial charge in [0.2, 0.25) is 0 Å². The lowest BCUT2D eigenvalue weighted by Crippen LogP contribution is -2.18. The molecule has 1 fully saturated rings. The monoisotopic (exact) mass is 282 g/mol. The molecular weight excluding hydrogens is 267 g/mol. The van der Waals surface area contributed by atoms with Crippen LogP contribution in [0.2, 0.25) is 0 Å².